The standard InChI is InChI=1S/C24H26BN3O4S/c1-14(15-6-8-17(25)9-7-15)26-22(31)20(29)21(30)24(32)28-12-10-16(11-13-28)23-27-18-4-2-3-5-19(18)33-23/h2-9,14,16,20-21,29-30H,10-13H2,1H3,(H,26,31)/t14-,20+,21+/m0/s1. The van der Waals surface area contributed by atoms with Crippen LogP contribution in [-0.2, 0) is 9.59 Å². The predicted octanol–water partition coefficient (Wildman–Crippen LogP) is 1.40. The number of hydrogen-bond acceptors (Lipinski definition) is 6. The lowest BCUT2D eigenvalue weighted by molar-refractivity contribution is -0.154. The number of thiazole rings is 1. The fourth-order valence-electron chi connectivity index (χ4n) is 4.04. The Morgan fingerprint density at radius 2 is 1.76 bits per heavy atom. The molecule has 2 amide bonds. The number of carbonyl (C=O) groups is 2. The van der Waals surface area contributed by atoms with E-state index in [0.717, 1.165) is 33.6 Å². The van der Waals surface area contributed by atoms with Crippen LogP contribution in [0.3, 0.4) is 0 Å². The summed E-state index contributed by atoms with van der Waals surface area (Å²) in [5.74, 6) is -1.19. The maximum absolute atomic E-state index is 12.7. The van der Waals surface area contributed by atoms with Crippen molar-refractivity contribution in [2.75, 3.05) is 13.1 Å². The zero-order valence-electron chi connectivity index (χ0n) is 18.3. The van der Waals surface area contributed by atoms with Crippen molar-refractivity contribution < 1.29 is 19.8 Å². The van der Waals surface area contributed by atoms with Gasteiger partial charge in [0.25, 0.3) is 11.8 Å². The van der Waals surface area contributed by atoms with Gasteiger partial charge in [-0.1, -0.05) is 41.9 Å². The van der Waals surface area contributed by atoms with E-state index in [4.69, 9.17) is 12.8 Å². The van der Waals surface area contributed by atoms with Gasteiger partial charge in [0.15, 0.2) is 12.2 Å². The molecule has 1 aliphatic rings. The number of para-hydroxylation sites is 1. The minimum atomic E-state index is -1.85. The summed E-state index contributed by atoms with van der Waals surface area (Å²) in [5, 5.41) is 24.4. The molecule has 2 aromatic carbocycles. The molecule has 0 saturated carbocycles. The van der Waals surface area contributed by atoms with Crippen molar-refractivity contribution in [1.29, 1.82) is 0 Å². The molecule has 1 fully saturated rings. The van der Waals surface area contributed by atoms with Gasteiger partial charge >= 0.3 is 0 Å². The molecule has 33 heavy (non-hydrogen) atoms. The van der Waals surface area contributed by atoms with Crippen LogP contribution in [0, 0.1) is 0 Å². The first kappa shape index (κ1) is 23.4. The van der Waals surface area contributed by atoms with E-state index in [-0.39, 0.29) is 5.92 Å². The van der Waals surface area contributed by atoms with E-state index in [1.807, 2.05) is 24.3 Å². The van der Waals surface area contributed by atoms with Gasteiger partial charge < -0.3 is 20.4 Å². The van der Waals surface area contributed by atoms with Crippen LogP contribution in [0.25, 0.3) is 10.2 Å². The van der Waals surface area contributed by atoms with Gasteiger partial charge in [-0.15, -0.1) is 11.3 Å². The van der Waals surface area contributed by atoms with Gasteiger partial charge in [0, 0.05) is 19.0 Å². The number of hydrogen-bond donors (Lipinski definition) is 3. The quantitative estimate of drug-likeness (QED) is 0.480. The molecule has 4 rings (SSSR count). The first-order chi connectivity index (χ1) is 15.8. The fourth-order valence-corrected chi connectivity index (χ4v) is 5.18. The number of carbonyl (C=O) groups excluding carboxylic acids is 2. The fraction of sp³-hybridized carbons (Fsp3) is 0.375. The third-order valence-electron chi connectivity index (χ3n) is 6.08. The third-order valence-corrected chi connectivity index (χ3v) is 7.28. The molecule has 3 aromatic rings. The third kappa shape index (κ3) is 5.26. The first-order valence-corrected chi connectivity index (χ1v) is 11.8. The van der Waals surface area contributed by atoms with Crippen molar-refractivity contribution in [2.24, 2.45) is 0 Å². The molecule has 0 unspecified atom stereocenters. The molecule has 3 N–H and O–H groups in total. The highest BCUT2D eigenvalue weighted by molar-refractivity contribution is 7.18. The Morgan fingerprint density at radius 1 is 1.09 bits per heavy atom. The monoisotopic (exact) mass is 463 g/mol. The Labute approximate surface area is 197 Å². The number of nitrogens with one attached hydrogen (secondary N) is 1. The number of aromatic nitrogens is 1. The highest BCUT2D eigenvalue weighted by Crippen LogP contribution is 2.34. The van der Waals surface area contributed by atoms with Gasteiger partial charge in [-0.3, -0.25) is 9.59 Å². The number of benzene rings is 2. The molecule has 170 valence electrons. The summed E-state index contributed by atoms with van der Waals surface area (Å²) in [7, 11) is 5.67. The van der Waals surface area contributed by atoms with Crippen molar-refractivity contribution in [2.45, 2.75) is 43.9 Å². The van der Waals surface area contributed by atoms with Crippen LogP contribution in [0.4, 0.5) is 0 Å². The average molecular weight is 463 g/mol. The van der Waals surface area contributed by atoms with E-state index in [1.54, 1.807) is 42.5 Å². The van der Waals surface area contributed by atoms with Crippen molar-refractivity contribution in [1.82, 2.24) is 15.2 Å². The number of aliphatic hydroxyl groups is 2. The second-order valence-electron chi connectivity index (χ2n) is 8.41. The Hall–Kier alpha value is -2.75. The van der Waals surface area contributed by atoms with E-state index in [2.05, 4.69) is 5.32 Å². The normalized spacial score (nSPS) is 17.5. The molecule has 9 heteroatoms. The van der Waals surface area contributed by atoms with E-state index in [9.17, 15) is 19.8 Å². The van der Waals surface area contributed by atoms with Crippen LogP contribution in [0.2, 0.25) is 0 Å². The van der Waals surface area contributed by atoms with Gasteiger partial charge in [0.1, 0.15) is 7.85 Å². The van der Waals surface area contributed by atoms with E-state index in [0.29, 0.717) is 18.6 Å². The molecule has 0 aliphatic carbocycles. The summed E-state index contributed by atoms with van der Waals surface area (Å²) < 4.78 is 1.14. The minimum absolute atomic E-state index is 0.248. The van der Waals surface area contributed by atoms with Gasteiger partial charge in [-0.2, -0.15) is 0 Å². The Balaban J connectivity index is 1.31. The van der Waals surface area contributed by atoms with Crippen LogP contribution < -0.4 is 10.8 Å². The van der Waals surface area contributed by atoms with Gasteiger partial charge in [-0.05, 0) is 37.5 Å². The lowest BCUT2D eigenvalue weighted by Crippen LogP contribution is -2.52. The topological polar surface area (TPSA) is 103 Å². The molecular weight excluding hydrogens is 437 g/mol. The van der Waals surface area contributed by atoms with E-state index in [1.165, 1.54) is 4.90 Å². The summed E-state index contributed by atoms with van der Waals surface area (Å²) in [4.78, 5) is 31.4. The Bertz CT molecular complexity index is 1100. The number of fused-ring (bicyclic) bond motifs is 1. The van der Waals surface area contributed by atoms with Gasteiger partial charge in [0.05, 0.1) is 21.3 Å². The molecule has 1 saturated heterocycles. The number of rotatable bonds is 6. The lowest BCUT2D eigenvalue weighted by atomic mass is 9.94. The van der Waals surface area contributed by atoms with Crippen molar-refractivity contribution >= 4 is 46.7 Å². The maximum Gasteiger partial charge on any atom is 0.254 e. The number of piperidine rings is 1. The zero-order valence-corrected chi connectivity index (χ0v) is 19.2. The first-order valence-electron chi connectivity index (χ1n) is 11.0. The maximum atomic E-state index is 12.7. The van der Waals surface area contributed by atoms with E-state index >= 15 is 0 Å². The van der Waals surface area contributed by atoms with Crippen LogP contribution in [0.1, 0.15) is 42.3 Å². The largest absolute Gasteiger partial charge is 0.380 e. The molecule has 2 radical (unpaired) electrons. The summed E-state index contributed by atoms with van der Waals surface area (Å²) in [6.45, 7) is 2.62. The summed E-state index contributed by atoms with van der Waals surface area (Å²) in [5.41, 5.74) is 2.38. The summed E-state index contributed by atoms with van der Waals surface area (Å²) in [6.07, 6.45) is -2.23. The lowest BCUT2D eigenvalue weighted by Gasteiger charge is -2.33. The second kappa shape index (κ2) is 10.0. The molecule has 2 heterocycles. The minimum Gasteiger partial charge on any atom is -0.380 e. The zero-order chi connectivity index (χ0) is 23.5. The van der Waals surface area contributed by atoms with Gasteiger partial charge in [0.2, 0.25) is 0 Å². The number of amides is 2. The van der Waals surface area contributed by atoms with Crippen LogP contribution >= 0.6 is 11.3 Å². The highest BCUT2D eigenvalue weighted by Gasteiger charge is 2.36. The molecular formula is C24H26BN3O4S. The second-order valence-corrected chi connectivity index (χ2v) is 9.47. The SMILES string of the molecule is [B]c1ccc([C@H](C)NC(=O)[C@H](O)[C@@H](O)C(=O)N2CCC(c3nc4ccccc4s3)CC2)cc1. The molecule has 3 atom stereocenters. The van der Waals surface area contributed by atoms with Gasteiger partial charge in [-0.25, -0.2) is 4.98 Å². The van der Waals surface area contributed by atoms with Crippen molar-refractivity contribution in [3.05, 3.63) is 59.1 Å². The van der Waals surface area contributed by atoms with Crippen molar-refractivity contribution in [3.8, 4) is 0 Å². The Morgan fingerprint density at radius 3 is 2.42 bits per heavy atom. The van der Waals surface area contributed by atoms with Crippen LogP contribution in [-0.4, -0.2) is 65.1 Å². The number of likely N-dealkylation sites (tertiary alicyclic amines) is 1. The smallest absolute Gasteiger partial charge is 0.254 e. The molecule has 7 nitrogen and oxygen atoms in total. The number of nitrogens with zero attached hydrogens (tertiary/aromatic N) is 2. The van der Waals surface area contributed by atoms with Crippen LogP contribution in [0.5, 0.6) is 0 Å². The number of aliphatic hydroxyl groups excluding tert-OH is 2. The summed E-state index contributed by atoms with van der Waals surface area (Å²) in [6, 6.07) is 14.5. The molecule has 1 aliphatic heterocycles. The molecule has 1 aromatic heterocycles. The average Bonchev–Trinajstić information content (AvgIpc) is 3.27. The summed E-state index contributed by atoms with van der Waals surface area (Å²) >= 11 is 1.67. The molecule has 0 bridgehead atoms. The molecule has 0 spiro atoms. The van der Waals surface area contributed by atoms with E-state index < -0.39 is 30.1 Å². The van der Waals surface area contributed by atoms with Crippen molar-refractivity contribution in [3.63, 3.8) is 0 Å². The Kier molecular flexibility index (Phi) is 7.12. The highest BCUT2D eigenvalue weighted by atomic mass is 32.1. The van der Waals surface area contributed by atoms with Crippen LogP contribution in [0.15, 0.2) is 48.5 Å². The predicted molar refractivity (Wildman–Crippen MR) is 129 cm³/mol.